The Balaban J connectivity index is 2.07. The Hall–Kier alpha value is -2.49. The number of nitriles is 1. The monoisotopic (exact) mass is 390 g/mol. The summed E-state index contributed by atoms with van der Waals surface area (Å²) in [5.74, 6) is 0.915. The number of hydrogen-bond donors (Lipinski definition) is 0. The van der Waals surface area contributed by atoms with Crippen molar-refractivity contribution in [1.82, 2.24) is 4.90 Å². The second-order valence-corrected chi connectivity index (χ2v) is 7.05. The summed E-state index contributed by atoms with van der Waals surface area (Å²) < 4.78 is 11.3. The average Bonchev–Trinajstić information content (AvgIpc) is 3.07. The van der Waals surface area contributed by atoms with Gasteiger partial charge in [0.25, 0.3) is 0 Å². The summed E-state index contributed by atoms with van der Waals surface area (Å²) in [5, 5.41) is 8.60. The molecule has 0 radical (unpaired) electrons. The van der Waals surface area contributed by atoms with E-state index in [1.54, 1.807) is 29.2 Å². The van der Waals surface area contributed by atoms with Gasteiger partial charge >= 0.3 is 0 Å². The van der Waals surface area contributed by atoms with Gasteiger partial charge in [0.1, 0.15) is 6.07 Å². The standard InChI is InChI=1S/C19H19ClN2O3S/c1-3-22(13-15-6-8-18(20)26-15)19(23)9-5-14-4-7-16(25-11-10-21)17(12-14)24-2/h4-9,12H,3,11,13H2,1-2H3/b9-5+. The first-order valence-electron chi connectivity index (χ1n) is 7.96. The molecule has 0 spiro atoms. The number of amides is 1. The predicted octanol–water partition coefficient (Wildman–Crippen LogP) is 4.37. The second-order valence-electron chi connectivity index (χ2n) is 5.25. The molecule has 0 fully saturated rings. The molecule has 0 saturated carbocycles. The minimum atomic E-state index is -0.0826. The number of halogens is 1. The number of carbonyl (C=O) groups is 1. The second kappa shape index (κ2) is 9.85. The fourth-order valence-corrected chi connectivity index (χ4v) is 3.36. The van der Waals surface area contributed by atoms with Crippen LogP contribution in [0.1, 0.15) is 17.4 Å². The molecule has 0 aliphatic rings. The maximum Gasteiger partial charge on any atom is 0.246 e. The summed E-state index contributed by atoms with van der Waals surface area (Å²) in [5.41, 5.74) is 0.801. The van der Waals surface area contributed by atoms with Gasteiger partial charge in [-0.15, -0.1) is 11.3 Å². The number of thiophene rings is 1. The lowest BCUT2D eigenvalue weighted by Gasteiger charge is -2.18. The number of benzene rings is 1. The van der Waals surface area contributed by atoms with Crippen LogP contribution in [-0.2, 0) is 11.3 Å². The molecule has 1 heterocycles. The van der Waals surface area contributed by atoms with Gasteiger partial charge in [0.15, 0.2) is 18.1 Å². The van der Waals surface area contributed by atoms with Crippen LogP contribution in [0.2, 0.25) is 4.34 Å². The van der Waals surface area contributed by atoms with E-state index >= 15 is 0 Å². The van der Waals surface area contributed by atoms with E-state index in [9.17, 15) is 4.79 Å². The molecule has 0 bridgehead atoms. The molecule has 0 unspecified atom stereocenters. The molecular weight excluding hydrogens is 372 g/mol. The van der Waals surface area contributed by atoms with Crippen LogP contribution >= 0.6 is 22.9 Å². The van der Waals surface area contributed by atoms with Gasteiger partial charge in [-0.3, -0.25) is 4.79 Å². The van der Waals surface area contributed by atoms with Gasteiger partial charge in [-0.25, -0.2) is 0 Å². The lowest BCUT2D eigenvalue weighted by atomic mass is 10.2. The van der Waals surface area contributed by atoms with Crippen molar-refractivity contribution in [1.29, 1.82) is 5.26 Å². The third-order valence-corrected chi connectivity index (χ3v) is 4.78. The topological polar surface area (TPSA) is 62.6 Å². The Morgan fingerprint density at radius 2 is 2.15 bits per heavy atom. The Bertz CT molecular complexity index is 826. The van der Waals surface area contributed by atoms with Crippen LogP contribution in [0.4, 0.5) is 0 Å². The van der Waals surface area contributed by atoms with Crippen molar-refractivity contribution in [3.8, 4) is 17.6 Å². The van der Waals surface area contributed by atoms with Gasteiger partial charge in [0, 0.05) is 17.5 Å². The number of rotatable bonds is 8. The highest BCUT2D eigenvalue weighted by Gasteiger charge is 2.11. The highest BCUT2D eigenvalue weighted by atomic mass is 35.5. The number of carbonyl (C=O) groups excluding carboxylic acids is 1. The SMILES string of the molecule is CCN(Cc1ccc(Cl)s1)C(=O)/C=C/c1ccc(OCC#N)c(OC)c1. The Morgan fingerprint density at radius 3 is 2.77 bits per heavy atom. The molecule has 0 saturated heterocycles. The molecule has 1 aromatic heterocycles. The summed E-state index contributed by atoms with van der Waals surface area (Å²) in [4.78, 5) is 15.2. The molecule has 2 aromatic rings. The van der Waals surface area contributed by atoms with E-state index in [2.05, 4.69) is 0 Å². The molecule has 1 aromatic carbocycles. The minimum Gasteiger partial charge on any atom is -0.493 e. The number of methoxy groups -OCH3 is 1. The molecule has 0 aliphatic carbocycles. The first-order valence-corrected chi connectivity index (χ1v) is 9.15. The molecule has 0 atom stereocenters. The highest BCUT2D eigenvalue weighted by Crippen LogP contribution is 2.28. The van der Waals surface area contributed by atoms with Crippen molar-refractivity contribution < 1.29 is 14.3 Å². The van der Waals surface area contributed by atoms with Gasteiger partial charge in [0.05, 0.1) is 18.0 Å². The lowest BCUT2D eigenvalue weighted by Crippen LogP contribution is -2.28. The number of hydrogen-bond acceptors (Lipinski definition) is 5. The van der Waals surface area contributed by atoms with Gasteiger partial charge < -0.3 is 14.4 Å². The highest BCUT2D eigenvalue weighted by molar-refractivity contribution is 7.16. The van der Waals surface area contributed by atoms with Gasteiger partial charge in [-0.1, -0.05) is 17.7 Å². The Kier molecular flexibility index (Phi) is 7.52. The van der Waals surface area contributed by atoms with E-state index in [0.717, 1.165) is 10.4 Å². The van der Waals surface area contributed by atoms with Crippen molar-refractivity contribution >= 4 is 34.9 Å². The zero-order valence-electron chi connectivity index (χ0n) is 14.6. The fourth-order valence-electron chi connectivity index (χ4n) is 2.26. The Labute approximate surface area is 162 Å². The maximum atomic E-state index is 12.4. The third kappa shape index (κ3) is 5.51. The van der Waals surface area contributed by atoms with Crippen molar-refractivity contribution in [3.63, 3.8) is 0 Å². The molecule has 26 heavy (non-hydrogen) atoms. The van der Waals surface area contributed by atoms with Crippen molar-refractivity contribution in [2.45, 2.75) is 13.5 Å². The van der Waals surface area contributed by atoms with Gasteiger partial charge in [-0.05, 0) is 42.8 Å². The quantitative estimate of drug-likeness (QED) is 0.627. The molecule has 2 rings (SSSR count). The zero-order valence-corrected chi connectivity index (χ0v) is 16.1. The van der Waals surface area contributed by atoms with E-state index < -0.39 is 0 Å². The normalized spacial score (nSPS) is 10.5. The molecular formula is C19H19ClN2O3S. The first-order chi connectivity index (χ1) is 12.6. The van der Waals surface area contributed by atoms with Crippen LogP contribution in [0, 0.1) is 11.3 Å². The Morgan fingerprint density at radius 1 is 1.35 bits per heavy atom. The molecule has 1 amide bonds. The molecule has 7 heteroatoms. The van der Waals surface area contributed by atoms with Crippen LogP contribution in [0.5, 0.6) is 11.5 Å². The summed E-state index contributed by atoms with van der Waals surface area (Å²) in [7, 11) is 1.53. The molecule has 136 valence electrons. The average molecular weight is 391 g/mol. The predicted molar refractivity (Wildman–Crippen MR) is 104 cm³/mol. The minimum absolute atomic E-state index is 0.0533. The van der Waals surface area contributed by atoms with Crippen molar-refractivity contribution in [3.05, 3.63) is 51.2 Å². The van der Waals surface area contributed by atoms with E-state index in [1.165, 1.54) is 24.5 Å². The summed E-state index contributed by atoms with van der Waals surface area (Å²) in [6.45, 7) is 3.01. The molecule has 5 nitrogen and oxygen atoms in total. The first kappa shape index (κ1) is 19.8. The largest absolute Gasteiger partial charge is 0.493 e. The lowest BCUT2D eigenvalue weighted by molar-refractivity contribution is -0.126. The van der Waals surface area contributed by atoms with E-state index in [4.69, 9.17) is 26.3 Å². The van der Waals surface area contributed by atoms with Crippen molar-refractivity contribution in [2.24, 2.45) is 0 Å². The van der Waals surface area contributed by atoms with E-state index in [0.29, 0.717) is 28.9 Å². The summed E-state index contributed by atoms with van der Waals surface area (Å²) in [6, 6.07) is 10.9. The molecule has 0 aliphatic heterocycles. The summed E-state index contributed by atoms with van der Waals surface area (Å²) in [6.07, 6.45) is 3.26. The van der Waals surface area contributed by atoms with E-state index in [1.807, 2.05) is 25.1 Å². The fraction of sp³-hybridized carbons (Fsp3) is 0.263. The van der Waals surface area contributed by atoms with Crippen LogP contribution in [0.3, 0.4) is 0 Å². The third-order valence-electron chi connectivity index (χ3n) is 3.57. The van der Waals surface area contributed by atoms with Crippen LogP contribution in [0.25, 0.3) is 6.08 Å². The number of ether oxygens (including phenoxy) is 2. The summed E-state index contributed by atoms with van der Waals surface area (Å²) >= 11 is 7.41. The smallest absolute Gasteiger partial charge is 0.246 e. The van der Waals surface area contributed by atoms with Crippen molar-refractivity contribution in [2.75, 3.05) is 20.3 Å². The van der Waals surface area contributed by atoms with Crippen LogP contribution < -0.4 is 9.47 Å². The maximum absolute atomic E-state index is 12.4. The number of nitrogens with zero attached hydrogens (tertiary/aromatic N) is 2. The zero-order chi connectivity index (χ0) is 18.9. The van der Waals surface area contributed by atoms with Gasteiger partial charge in [-0.2, -0.15) is 5.26 Å². The number of likely N-dealkylation sites (N-methyl/N-ethyl adjacent to an activating group) is 1. The van der Waals surface area contributed by atoms with E-state index in [-0.39, 0.29) is 12.5 Å². The van der Waals surface area contributed by atoms with Gasteiger partial charge in [0.2, 0.25) is 5.91 Å². The van der Waals surface area contributed by atoms with Crippen LogP contribution in [-0.4, -0.2) is 31.1 Å². The molecule has 0 N–H and O–H groups in total. The van der Waals surface area contributed by atoms with Crippen LogP contribution in [0.15, 0.2) is 36.4 Å².